The van der Waals surface area contributed by atoms with Crippen molar-refractivity contribution >= 4 is 17.5 Å². The molecule has 106 valence electrons. The molecule has 20 heavy (non-hydrogen) atoms. The average Bonchev–Trinajstić information content (AvgIpc) is 2.84. The summed E-state index contributed by atoms with van der Waals surface area (Å²) in [5.41, 5.74) is 0. The first-order valence-corrected chi connectivity index (χ1v) is 6.46. The molecular formula is C13H14ClN3O3. The van der Waals surface area contributed by atoms with Gasteiger partial charge in [0.25, 0.3) is 0 Å². The van der Waals surface area contributed by atoms with Crippen LogP contribution >= 0.6 is 11.6 Å². The molecule has 2 rings (SSSR count). The lowest BCUT2D eigenvalue weighted by Crippen LogP contribution is -2.24. The maximum absolute atomic E-state index is 11.6. The van der Waals surface area contributed by atoms with Gasteiger partial charge in [-0.3, -0.25) is 4.79 Å². The second-order valence-corrected chi connectivity index (χ2v) is 4.45. The van der Waals surface area contributed by atoms with Crippen molar-refractivity contribution in [2.24, 2.45) is 0 Å². The van der Waals surface area contributed by atoms with Gasteiger partial charge >= 0.3 is 0 Å². The zero-order chi connectivity index (χ0) is 14.4. The van der Waals surface area contributed by atoms with Crippen LogP contribution in [0.25, 0.3) is 0 Å². The molecule has 0 aliphatic carbocycles. The standard InChI is InChI=1S/C13H14ClN3O3/c1-9-16-13(20-17-9)8-15-12(18)6-7-19-11-5-3-2-4-10(11)14/h2-5H,6-8H2,1H3,(H,15,18). The topological polar surface area (TPSA) is 77.2 Å². The number of amides is 1. The molecule has 0 bridgehead atoms. The van der Waals surface area contributed by atoms with E-state index in [0.29, 0.717) is 22.5 Å². The van der Waals surface area contributed by atoms with Crippen molar-refractivity contribution in [3.8, 4) is 5.75 Å². The summed E-state index contributed by atoms with van der Waals surface area (Å²) in [6, 6.07) is 7.11. The van der Waals surface area contributed by atoms with Crippen molar-refractivity contribution in [1.29, 1.82) is 0 Å². The van der Waals surface area contributed by atoms with Gasteiger partial charge in [-0.2, -0.15) is 4.98 Å². The first-order valence-electron chi connectivity index (χ1n) is 6.08. The van der Waals surface area contributed by atoms with Crippen molar-refractivity contribution in [3.63, 3.8) is 0 Å². The highest BCUT2D eigenvalue weighted by Crippen LogP contribution is 2.22. The molecule has 0 atom stereocenters. The quantitative estimate of drug-likeness (QED) is 0.883. The average molecular weight is 296 g/mol. The zero-order valence-electron chi connectivity index (χ0n) is 10.9. The molecule has 1 aromatic heterocycles. The molecule has 1 aromatic carbocycles. The number of nitrogens with zero attached hydrogens (tertiary/aromatic N) is 2. The number of halogens is 1. The van der Waals surface area contributed by atoms with Gasteiger partial charge < -0.3 is 14.6 Å². The van der Waals surface area contributed by atoms with Crippen molar-refractivity contribution in [2.45, 2.75) is 19.9 Å². The summed E-state index contributed by atoms with van der Waals surface area (Å²) in [5.74, 6) is 1.32. The number of ether oxygens (including phenoxy) is 1. The fourth-order valence-corrected chi connectivity index (χ4v) is 1.68. The summed E-state index contributed by atoms with van der Waals surface area (Å²) in [6.07, 6.45) is 0.221. The number of para-hydroxylation sites is 1. The molecule has 6 nitrogen and oxygen atoms in total. The lowest BCUT2D eigenvalue weighted by atomic mass is 10.3. The smallest absolute Gasteiger partial charge is 0.246 e. The summed E-state index contributed by atoms with van der Waals surface area (Å²) >= 11 is 5.93. The van der Waals surface area contributed by atoms with Crippen molar-refractivity contribution < 1.29 is 14.1 Å². The maximum atomic E-state index is 11.6. The van der Waals surface area contributed by atoms with Crippen LogP contribution in [0.2, 0.25) is 5.02 Å². The van der Waals surface area contributed by atoms with E-state index >= 15 is 0 Å². The van der Waals surface area contributed by atoms with Crippen molar-refractivity contribution in [2.75, 3.05) is 6.61 Å². The van der Waals surface area contributed by atoms with E-state index in [2.05, 4.69) is 15.5 Å². The Morgan fingerprint density at radius 1 is 1.45 bits per heavy atom. The Morgan fingerprint density at radius 2 is 2.25 bits per heavy atom. The van der Waals surface area contributed by atoms with Crippen LogP contribution < -0.4 is 10.1 Å². The molecule has 1 heterocycles. The van der Waals surface area contributed by atoms with E-state index in [9.17, 15) is 4.79 Å². The van der Waals surface area contributed by atoms with Crippen LogP contribution in [-0.2, 0) is 11.3 Å². The number of aromatic nitrogens is 2. The highest BCUT2D eigenvalue weighted by Gasteiger charge is 2.07. The fourth-order valence-electron chi connectivity index (χ4n) is 1.49. The molecule has 0 spiro atoms. The second-order valence-electron chi connectivity index (χ2n) is 4.04. The van der Waals surface area contributed by atoms with Crippen LogP contribution in [0, 0.1) is 6.92 Å². The van der Waals surface area contributed by atoms with E-state index in [1.807, 2.05) is 12.1 Å². The Morgan fingerprint density at radius 3 is 2.95 bits per heavy atom. The third-order valence-corrected chi connectivity index (χ3v) is 2.74. The number of carbonyl (C=O) groups is 1. The highest BCUT2D eigenvalue weighted by molar-refractivity contribution is 6.32. The third-order valence-electron chi connectivity index (χ3n) is 2.43. The molecule has 0 saturated carbocycles. The lowest BCUT2D eigenvalue weighted by molar-refractivity contribution is -0.121. The van der Waals surface area contributed by atoms with Gasteiger partial charge in [0.05, 0.1) is 24.6 Å². The van der Waals surface area contributed by atoms with Crippen molar-refractivity contribution in [1.82, 2.24) is 15.5 Å². The van der Waals surface area contributed by atoms with Crippen LogP contribution in [-0.4, -0.2) is 22.7 Å². The predicted molar refractivity (Wildman–Crippen MR) is 72.4 cm³/mol. The van der Waals surface area contributed by atoms with Gasteiger partial charge in [0, 0.05) is 0 Å². The Hall–Kier alpha value is -2.08. The van der Waals surface area contributed by atoms with Crippen LogP contribution in [0.15, 0.2) is 28.8 Å². The Labute approximate surface area is 121 Å². The van der Waals surface area contributed by atoms with Gasteiger partial charge in [-0.1, -0.05) is 28.9 Å². The van der Waals surface area contributed by atoms with Crippen LogP contribution in [0.1, 0.15) is 18.1 Å². The number of carbonyl (C=O) groups excluding carboxylic acids is 1. The first-order chi connectivity index (χ1) is 9.65. The van der Waals surface area contributed by atoms with Crippen LogP contribution in [0.3, 0.4) is 0 Å². The van der Waals surface area contributed by atoms with E-state index < -0.39 is 0 Å². The van der Waals surface area contributed by atoms with E-state index in [1.165, 1.54) is 0 Å². The summed E-state index contributed by atoms with van der Waals surface area (Å²) in [6.45, 7) is 2.18. The molecular weight excluding hydrogens is 282 g/mol. The van der Waals surface area contributed by atoms with Gasteiger partial charge in [-0.05, 0) is 19.1 Å². The van der Waals surface area contributed by atoms with E-state index in [0.717, 1.165) is 0 Å². The molecule has 2 aromatic rings. The molecule has 0 fully saturated rings. The minimum Gasteiger partial charge on any atom is -0.491 e. The second kappa shape index (κ2) is 6.91. The highest BCUT2D eigenvalue weighted by atomic mass is 35.5. The molecule has 1 N–H and O–H groups in total. The SMILES string of the molecule is Cc1noc(CNC(=O)CCOc2ccccc2Cl)n1. The largest absolute Gasteiger partial charge is 0.491 e. The lowest BCUT2D eigenvalue weighted by Gasteiger charge is -2.07. The van der Waals surface area contributed by atoms with E-state index in [4.69, 9.17) is 20.9 Å². The zero-order valence-corrected chi connectivity index (χ0v) is 11.7. The summed E-state index contributed by atoms with van der Waals surface area (Å²) < 4.78 is 10.3. The number of nitrogens with one attached hydrogen (secondary N) is 1. The number of hydrogen-bond acceptors (Lipinski definition) is 5. The molecule has 0 unspecified atom stereocenters. The van der Waals surface area contributed by atoms with Gasteiger partial charge in [0.2, 0.25) is 11.8 Å². The van der Waals surface area contributed by atoms with E-state index in [1.54, 1.807) is 19.1 Å². The summed E-state index contributed by atoms with van der Waals surface area (Å²) in [4.78, 5) is 15.6. The molecule has 7 heteroatoms. The fraction of sp³-hybridized carbons (Fsp3) is 0.308. The Bertz CT molecular complexity index is 586. The summed E-state index contributed by atoms with van der Waals surface area (Å²) in [5, 5.41) is 6.82. The number of aryl methyl sites for hydroxylation is 1. The minimum absolute atomic E-state index is 0.159. The maximum Gasteiger partial charge on any atom is 0.246 e. The monoisotopic (exact) mass is 295 g/mol. The summed E-state index contributed by atoms with van der Waals surface area (Å²) in [7, 11) is 0. The van der Waals surface area contributed by atoms with E-state index in [-0.39, 0.29) is 25.5 Å². The minimum atomic E-state index is -0.159. The number of hydrogen-bond donors (Lipinski definition) is 1. The molecule has 0 aliphatic heterocycles. The number of benzene rings is 1. The Balaban J connectivity index is 1.69. The van der Waals surface area contributed by atoms with Gasteiger partial charge in [0.1, 0.15) is 5.75 Å². The molecule has 0 radical (unpaired) electrons. The Kier molecular flexibility index (Phi) is 4.95. The van der Waals surface area contributed by atoms with Gasteiger partial charge in [-0.25, -0.2) is 0 Å². The van der Waals surface area contributed by atoms with Gasteiger partial charge in [0.15, 0.2) is 5.82 Å². The number of rotatable bonds is 6. The molecule has 0 saturated heterocycles. The van der Waals surface area contributed by atoms with Crippen molar-refractivity contribution in [3.05, 3.63) is 41.0 Å². The normalized spacial score (nSPS) is 10.3. The van der Waals surface area contributed by atoms with Crippen LogP contribution in [0.4, 0.5) is 0 Å². The van der Waals surface area contributed by atoms with Crippen LogP contribution in [0.5, 0.6) is 5.75 Å². The molecule has 1 amide bonds. The molecule has 0 aliphatic rings. The third kappa shape index (κ3) is 4.24. The first kappa shape index (κ1) is 14.3. The van der Waals surface area contributed by atoms with Gasteiger partial charge in [-0.15, -0.1) is 0 Å². The predicted octanol–water partition coefficient (Wildman–Crippen LogP) is 2.12.